The summed E-state index contributed by atoms with van der Waals surface area (Å²) < 4.78 is 66.3. The lowest BCUT2D eigenvalue weighted by Crippen LogP contribution is -2.16. The predicted molar refractivity (Wildman–Crippen MR) is 53.2 cm³/mol. The Labute approximate surface area is 106 Å². The summed E-state index contributed by atoms with van der Waals surface area (Å²) in [5.41, 5.74) is -3.70. The standard InChI is InChI=1S/C9H5BrF5NO2/c1-18-8(17)3-2-16-6(7(11)12)4(5(3)10)9(13,14)15/h2,7H,1H3. The van der Waals surface area contributed by atoms with Crippen molar-refractivity contribution >= 4 is 21.9 Å². The molecule has 1 aromatic heterocycles. The van der Waals surface area contributed by atoms with E-state index < -0.39 is 39.9 Å². The molecule has 9 heteroatoms. The molecule has 3 nitrogen and oxygen atoms in total. The summed E-state index contributed by atoms with van der Waals surface area (Å²) in [5, 5.41) is 0. The minimum absolute atomic E-state index is 0.575. The molecule has 0 amide bonds. The quantitative estimate of drug-likeness (QED) is 0.613. The number of esters is 1. The Bertz CT molecular complexity index is 475. The smallest absolute Gasteiger partial charge is 0.419 e. The maximum atomic E-state index is 12.7. The molecular weight excluding hydrogens is 329 g/mol. The zero-order valence-electron chi connectivity index (χ0n) is 8.69. The van der Waals surface area contributed by atoms with Gasteiger partial charge in [0.1, 0.15) is 5.69 Å². The monoisotopic (exact) mass is 333 g/mol. The molecule has 0 N–H and O–H groups in total. The van der Waals surface area contributed by atoms with Gasteiger partial charge in [-0.2, -0.15) is 13.2 Å². The summed E-state index contributed by atoms with van der Waals surface area (Å²) in [6.07, 6.45) is -7.88. The summed E-state index contributed by atoms with van der Waals surface area (Å²) in [4.78, 5) is 14.1. The molecule has 0 aliphatic heterocycles. The zero-order valence-corrected chi connectivity index (χ0v) is 10.3. The van der Waals surface area contributed by atoms with Gasteiger partial charge in [0, 0.05) is 10.7 Å². The third-order valence-corrected chi connectivity index (χ3v) is 2.76. The van der Waals surface area contributed by atoms with Crippen molar-refractivity contribution < 1.29 is 31.5 Å². The van der Waals surface area contributed by atoms with Crippen molar-refractivity contribution in [3.63, 3.8) is 0 Å². The molecule has 0 atom stereocenters. The molecule has 0 fully saturated rings. The lowest BCUT2D eigenvalue weighted by atomic mass is 10.1. The maximum Gasteiger partial charge on any atom is 0.419 e. The van der Waals surface area contributed by atoms with E-state index in [1.807, 2.05) is 0 Å². The summed E-state index contributed by atoms with van der Waals surface area (Å²) in [6.45, 7) is 0. The predicted octanol–water partition coefficient (Wildman–Crippen LogP) is 3.59. The molecule has 0 aliphatic rings. The molecule has 1 rings (SSSR count). The SMILES string of the molecule is COC(=O)c1cnc(C(F)F)c(C(F)(F)F)c1Br. The van der Waals surface area contributed by atoms with E-state index in [1.165, 1.54) is 0 Å². The van der Waals surface area contributed by atoms with Crippen molar-refractivity contribution in [2.75, 3.05) is 7.11 Å². The normalized spacial score (nSPS) is 11.8. The fourth-order valence-corrected chi connectivity index (χ4v) is 1.88. The summed E-state index contributed by atoms with van der Waals surface area (Å²) in [5.74, 6) is -1.11. The highest BCUT2D eigenvalue weighted by Gasteiger charge is 2.40. The van der Waals surface area contributed by atoms with Gasteiger partial charge in [0.25, 0.3) is 6.43 Å². The second kappa shape index (κ2) is 5.17. The van der Waals surface area contributed by atoms with Crippen LogP contribution in [0, 0.1) is 0 Å². The van der Waals surface area contributed by atoms with E-state index in [4.69, 9.17) is 0 Å². The third-order valence-electron chi connectivity index (χ3n) is 1.94. The highest BCUT2D eigenvalue weighted by Crippen LogP contribution is 2.41. The van der Waals surface area contributed by atoms with E-state index in [1.54, 1.807) is 0 Å². The first kappa shape index (κ1) is 14.8. The number of ether oxygens (including phenoxy) is 1. The summed E-state index contributed by atoms with van der Waals surface area (Å²) in [7, 11) is 0.947. The van der Waals surface area contributed by atoms with Gasteiger partial charge in [0.15, 0.2) is 0 Å². The van der Waals surface area contributed by atoms with Gasteiger partial charge in [0.05, 0.1) is 18.2 Å². The molecule has 0 aliphatic carbocycles. The Hall–Kier alpha value is -1.25. The van der Waals surface area contributed by atoms with Crippen LogP contribution in [0.3, 0.4) is 0 Å². The van der Waals surface area contributed by atoms with E-state index >= 15 is 0 Å². The number of nitrogens with zero attached hydrogens (tertiary/aromatic N) is 1. The zero-order chi connectivity index (χ0) is 14.1. The van der Waals surface area contributed by atoms with Crippen molar-refractivity contribution in [2.45, 2.75) is 12.6 Å². The molecule has 0 unspecified atom stereocenters. The number of carbonyl (C=O) groups is 1. The van der Waals surface area contributed by atoms with E-state index in [0.717, 1.165) is 7.11 Å². The molecule has 0 spiro atoms. The molecular formula is C9H5BrF5NO2. The average Bonchev–Trinajstić information content (AvgIpc) is 2.25. The Kier molecular flexibility index (Phi) is 4.25. The number of hydrogen-bond acceptors (Lipinski definition) is 3. The molecule has 0 aromatic carbocycles. The van der Waals surface area contributed by atoms with E-state index in [-0.39, 0.29) is 0 Å². The molecule has 0 saturated carbocycles. The fraction of sp³-hybridized carbons (Fsp3) is 0.333. The second-order valence-corrected chi connectivity index (χ2v) is 3.83. The lowest BCUT2D eigenvalue weighted by molar-refractivity contribution is -0.140. The Balaban J connectivity index is 3.55. The van der Waals surface area contributed by atoms with Crippen LogP contribution in [-0.2, 0) is 10.9 Å². The summed E-state index contributed by atoms with van der Waals surface area (Å²) >= 11 is 2.48. The highest BCUT2D eigenvalue weighted by atomic mass is 79.9. The Morgan fingerprint density at radius 2 is 2.00 bits per heavy atom. The molecule has 100 valence electrons. The van der Waals surface area contributed by atoms with Gasteiger partial charge in [-0.15, -0.1) is 0 Å². The average molecular weight is 334 g/mol. The van der Waals surface area contributed by atoms with Crippen molar-refractivity contribution in [1.29, 1.82) is 0 Å². The topological polar surface area (TPSA) is 39.2 Å². The number of hydrogen-bond donors (Lipinski definition) is 0. The van der Waals surface area contributed by atoms with E-state index in [2.05, 4.69) is 25.7 Å². The number of alkyl halides is 5. The summed E-state index contributed by atoms with van der Waals surface area (Å²) in [6, 6.07) is 0. The van der Waals surface area contributed by atoms with Gasteiger partial charge < -0.3 is 4.74 Å². The van der Waals surface area contributed by atoms with Crippen molar-refractivity contribution in [3.8, 4) is 0 Å². The molecule has 0 bridgehead atoms. The molecule has 0 radical (unpaired) electrons. The van der Waals surface area contributed by atoms with Crippen LogP contribution in [0.1, 0.15) is 28.0 Å². The first-order valence-corrected chi connectivity index (χ1v) is 5.11. The van der Waals surface area contributed by atoms with Gasteiger partial charge in [-0.1, -0.05) is 0 Å². The van der Waals surface area contributed by atoms with Gasteiger partial charge in [-0.25, -0.2) is 13.6 Å². The first-order chi connectivity index (χ1) is 8.20. The van der Waals surface area contributed by atoms with Gasteiger partial charge in [-0.3, -0.25) is 4.98 Å². The minimum Gasteiger partial charge on any atom is -0.465 e. The number of pyridine rings is 1. The van der Waals surface area contributed by atoms with Gasteiger partial charge in [-0.05, 0) is 15.9 Å². The maximum absolute atomic E-state index is 12.7. The van der Waals surface area contributed by atoms with Crippen LogP contribution in [0.25, 0.3) is 0 Å². The van der Waals surface area contributed by atoms with Crippen molar-refractivity contribution in [2.24, 2.45) is 0 Å². The van der Waals surface area contributed by atoms with Gasteiger partial charge in [0.2, 0.25) is 0 Å². The lowest BCUT2D eigenvalue weighted by Gasteiger charge is -2.15. The van der Waals surface area contributed by atoms with Crippen LogP contribution in [0.4, 0.5) is 22.0 Å². The fourth-order valence-electron chi connectivity index (χ4n) is 1.19. The highest BCUT2D eigenvalue weighted by molar-refractivity contribution is 9.10. The van der Waals surface area contributed by atoms with E-state index in [9.17, 15) is 26.7 Å². The third kappa shape index (κ3) is 2.77. The number of aromatic nitrogens is 1. The number of carbonyl (C=O) groups excluding carboxylic acids is 1. The van der Waals surface area contributed by atoms with Crippen molar-refractivity contribution in [1.82, 2.24) is 4.98 Å². The van der Waals surface area contributed by atoms with Gasteiger partial charge >= 0.3 is 12.1 Å². The van der Waals surface area contributed by atoms with Crippen LogP contribution in [-0.4, -0.2) is 18.1 Å². The van der Waals surface area contributed by atoms with Crippen molar-refractivity contribution in [3.05, 3.63) is 27.5 Å². The second-order valence-electron chi connectivity index (χ2n) is 3.04. The number of rotatable bonds is 2. The molecule has 0 saturated heterocycles. The number of halogens is 6. The van der Waals surface area contributed by atoms with Crippen LogP contribution >= 0.6 is 15.9 Å². The van der Waals surface area contributed by atoms with E-state index in [0.29, 0.717) is 6.20 Å². The minimum atomic E-state index is -5.07. The van der Waals surface area contributed by atoms with Crippen LogP contribution in [0.5, 0.6) is 0 Å². The number of methoxy groups -OCH3 is 1. The van der Waals surface area contributed by atoms with Crippen LogP contribution in [0.15, 0.2) is 10.7 Å². The molecule has 1 heterocycles. The first-order valence-electron chi connectivity index (χ1n) is 4.32. The Morgan fingerprint density at radius 3 is 2.39 bits per heavy atom. The largest absolute Gasteiger partial charge is 0.465 e. The molecule has 1 aromatic rings. The molecule has 18 heavy (non-hydrogen) atoms. The van der Waals surface area contributed by atoms with Crippen LogP contribution < -0.4 is 0 Å². The Morgan fingerprint density at radius 1 is 1.44 bits per heavy atom. The van der Waals surface area contributed by atoms with Crippen LogP contribution in [0.2, 0.25) is 0 Å².